The minimum Gasteiger partial charge on any atom is -0.482 e. The van der Waals surface area contributed by atoms with Crippen molar-refractivity contribution in [1.29, 1.82) is 0 Å². The molecule has 1 atom stereocenters. The summed E-state index contributed by atoms with van der Waals surface area (Å²) in [7, 11) is -4.02. The highest BCUT2D eigenvalue weighted by Gasteiger charge is 2.38. The highest BCUT2D eigenvalue weighted by molar-refractivity contribution is 7.73. The van der Waals surface area contributed by atoms with Gasteiger partial charge in [-0.05, 0) is 111 Å². The predicted molar refractivity (Wildman–Crippen MR) is 163 cm³/mol. The standard InChI is InChI=1S/C33H33N2O5P/c1-18-15-32(3,4)34-26-13-28-24(11-22(18)26)31(20-7-9-21(10-8-20)40-17-30(36)37)25-12-23-19(2)16-33(5,6)35-27(23)14-29(25)41(28,38)39/h7-16,34H,17H2,1-6H3,(H,36,37)(H,38,39). The molecule has 3 aromatic rings. The van der Waals surface area contributed by atoms with Gasteiger partial charge in [0.2, 0.25) is 0 Å². The number of fused-ring (bicyclic) bond motifs is 4. The molecule has 3 aliphatic heterocycles. The van der Waals surface area contributed by atoms with E-state index in [1.807, 2.05) is 51.1 Å². The van der Waals surface area contributed by atoms with E-state index < -0.39 is 25.5 Å². The zero-order valence-electron chi connectivity index (χ0n) is 24.0. The van der Waals surface area contributed by atoms with Crippen molar-refractivity contribution >= 4 is 46.4 Å². The Morgan fingerprint density at radius 3 is 2.29 bits per heavy atom. The third-order valence-electron chi connectivity index (χ3n) is 7.81. The molecule has 8 heteroatoms. The number of aliphatic carboxylic acids is 1. The van der Waals surface area contributed by atoms with Crippen LogP contribution in [-0.4, -0.2) is 33.7 Å². The van der Waals surface area contributed by atoms with Gasteiger partial charge in [0, 0.05) is 16.8 Å². The average Bonchev–Trinajstić information content (AvgIpc) is 2.86. The summed E-state index contributed by atoms with van der Waals surface area (Å²) >= 11 is 0. The smallest absolute Gasteiger partial charge is 0.341 e. The van der Waals surface area contributed by atoms with Crippen molar-refractivity contribution in [2.75, 3.05) is 11.9 Å². The second-order valence-electron chi connectivity index (χ2n) is 12.2. The predicted octanol–water partition coefficient (Wildman–Crippen LogP) is 4.35. The van der Waals surface area contributed by atoms with Crippen LogP contribution in [0.3, 0.4) is 0 Å². The molecule has 0 spiro atoms. The summed E-state index contributed by atoms with van der Waals surface area (Å²) in [5.41, 5.74) is 6.53. The quantitative estimate of drug-likeness (QED) is 0.404. The first-order chi connectivity index (χ1) is 19.1. The molecule has 0 saturated heterocycles. The lowest BCUT2D eigenvalue weighted by Gasteiger charge is -2.34. The molecule has 3 aliphatic rings. The maximum Gasteiger partial charge on any atom is 0.341 e. The van der Waals surface area contributed by atoms with Gasteiger partial charge in [0.25, 0.3) is 7.37 Å². The maximum atomic E-state index is 14.5. The third kappa shape index (κ3) is 4.63. The molecule has 210 valence electrons. The van der Waals surface area contributed by atoms with Gasteiger partial charge in [0.15, 0.2) is 6.61 Å². The van der Waals surface area contributed by atoms with Crippen LogP contribution >= 0.6 is 7.37 Å². The van der Waals surface area contributed by atoms with Crippen molar-refractivity contribution in [3.63, 3.8) is 0 Å². The zero-order chi connectivity index (χ0) is 29.5. The normalized spacial score (nSPS) is 21.1. The monoisotopic (exact) mass is 568 g/mol. The molecular formula is C33H33N2O5P. The Hall–Kier alpha value is -3.93. The summed E-state index contributed by atoms with van der Waals surface area (Å²) in [6.07, 6.45) is 4.28. The van der Waals surface area contributed by atoms with E-state index in [-0.39, 0.29) is 5.54 Å². The minimum absolute atomic E-state index is 0.303. The summed E-state index contributed by atoms with van der Waals surface area (Å²) in [5, 5.41) is 14.7. The number of hydrogen-bond donors (Lipinski definition) is 3. The van der Waals surface area contributed by atoms with Gasteiger partial charge in [-0.25, -0.2) is 4.79 Å². The summed E-state index contributed by atoms with van der Waals surface area (Å²) in [6.45, 7) is 11.9. The number of ether oxygens (including phenoxy) is 1. The largest absolute Gasteiger partial charge is 0.482 e. The fraction of sp³-hybridized carbons (Fsp3) is 0.273. The summed E-state index contributed by atoms with van der Waals surface area (Å²) in [4.78, 5) is 27.8. The Balaban J connectivity index is 1.69. The Kier molecular flexibility index (Phi) is 6.01. The van der Waals surface area contributed by atoms with Crippen molar-refractivity contribution in [1.82, 2.24) is 0 Å². The number of carbonyl (C=O) groups is 1. The van der Waals surface area contributed by atoms with Crippen molar-refractivity contribution in [2.24, 2.45) is 4.99 Å². The van der Waals surface area contributed by atoms with Crippen LogP contribution in [-0.2, 0) is 9.36 Å². The van der Waals surface area contributed by atoms with Gasteiger partial charge in [0.05, 0.1) is 27.0 Å². The van der Waals surface area contributed by atoms with E-state index in [1.165, 1.54) is 0 Å². The van der Waals surface area contributed by atoms with E-state index in [4.69, 9.17) is 14.8 Å². The minimum atomic E-state index is -4.02. The molecule has 0 amide bonds. The molecule has 0 aromatic heterocycles. The fourth-order valence-corrected chi connectivity index (χ4v) is 8.17. The van der Waals surface area contributed by atoms with E-state index in [0.29, 0.717) is 32.5 Å². The number of allylic oxidation sites excluding steroid dienone is 2. The van der Waals surface area contributed by atoms with Crippen LogP contribution in [0.4, 0.5) is 5.69 Å². The van der Waals surface area contributed by atoms with Crippen molar-refractivity contribution in [3.8, 4) is 5.75 Å². The van der Waals surface area contributed by atoms with Crippen LogP contribution in [0.5, 0.6) is 5.75 Å². The number of hydrogen-bond acceptors (Lipinski definition) is 5. The van der Waals surface area contributed by atoms with Crippen LogP contribution in [0.25, 0.3) is 16.7 Å². The lowest BCUT2D eigenvalue weighted by Crippen LogP contribution is -2.42. The maximum absolute atomic E-state index is 14.5. The molecule has 3 N–H and O–H groups in total. The Bertz CT molecular complexity index is 1900. The SMILES string of the molecule is CC1=CC(C)(C)Nc2cc3c(cc21)C(c1ccc(OCC(=O)O)cc1)=c1cc2c(cc1P3(=O)O)=NC(C)(C)C=C2C. The van der Waals surface area contributed by atoms with E-state index in [1.54, 1.807) is 18.2 Å². The van der Waals surface area contributed by atoms with E-state index in [9.17, 15) is 14.3 Å². The lowest BCUT2D eigenvalue weighted by molar-refractivity contribution is -0.139. The van der Waals surface area contributed by atoms with Gasteiger partial charge in [-0.3, -0.25) is 9.56 Å². The Morgan fingerprint density at radius 1 is 0.927 bits per heavy atom. The number of rotatable bonds is 4. The van der Waals surface area contributed by atoms with Crippen LogP contribution in [0.1, 0.15) is 63.8 Å². The molecule has 41 heavy (non-hydrogen) atoms. The molecule has 0 saturated carbocycles. The molecular weight excluding hydrogens is 535 g/mol. The second-order valence-corrected chi connectivity index (χ2v) is 14.3. The topological polar surface area (TPSA) is 108 Å². The average molecular weight is 569 g/mol. The number of benzene rings is 3. The van der Waals surface area contributed by atoms with Crippen molar-refractivity contribution in [3.05, 3.63) is 93.5 Å². The summed E-state index contributed by atoms with van der Waals surface area (Å²) < 4.78 is 19.9. The van der Waals surface area contributed by atoms with Gasteiger partial charge >= 0.3 is 5.97 Å². The van der Waals surface area contributed by atoms with Crippen LogP contribution in [0, 0.1) is 0 Å². The lowest BCUT2D eigenvalue weighted by atomic mass is 9.86. The molecule has 0 bridgehead atoms. The molecule has 1 unspecified atom stereocenters. The molecule has 0 fully saturated rings. The van der Waals surface area contributed by atoms with E-state index >= 15 is 0 Å². The van der Waals surface area contributed by atoms with Gasteiger partial charge in [0.1, 0.15) is 5.75 Å². The fourth-order valence-electron chi connectivity index (χ4n) is 6.31. The highest BCUT2D eigenvalue weighted by Crippen LogP contribution is 2.46. The molecule has 6 rings (SSSR count). The first-order valence-electron chi connectivity index (χ1n) is 13.6. The number of carboxylic acids is 1. The number of nitrogens with zero attached hydrogens (tertiary/aromatic N) is 1. The number of nitrogens with one attached hydrogen (secondary N) is 1. The van der Waals surface area contributed by atoms with Crippen LogP contribution in [0.2, 0.25) is 0 Å². The Morgan fingerprint density at radius 2 is 1.61 bits per heavy atom. The summed E-state index contributed by atoms with van der Waals surface area (Å²) in [5.74, 6) is -0.620. The molecule has 0 radical (unpaired) electrons. The van der Waals surface area contributed by atoms with Crippen LogP contribution in [0.15, 0.2) is 65.7 Å². The highest BCUT2D eigenvalue weighted by atomic mass is 31.2. The number of carboxylic acid groups (broad SMARTS) is 1. The number of anilines is 1. The molecule has 0 aliphatic carbocycles. The second kappa shape index (κ2) is 9.04. The van der Waals surface area contributed by atoms with E-state index in [0.717, 1.165) is 39.1 Å². The molecule has 3 aromatic carbocycles. The third-order valence-corrected chi connectivity index (χ3v) is 9.86. The molecule has 7 nitrogen and oxygen atoms in total. The molecule has 3 heterocycles. The van der Waals surface area contributed by atoms with Gasteiger partial charge in [-0.1, -0.05) is 24.3 Å². The van der Waals surface area contributed by atoms with Crippen molar-refractivity contribution in [2.45, 2.75) is 52.6 Å². The Labute approximate surface area is 239 Å². The van der Waals surface area contributed by atoms with Gasteiger partial charge in [-0.2, -0.15) is 0 Å². The first-order valence-corrected chi connectivity index (χ1v) is 15.2. The van der Waals surface area contributed by atoms with Crippen molar-refractivity contribution < 1.29 is 24.1 Å². The zero-order valence-corrected chi connectivity index (χ0v) is 24.9. The van der Waals surface area contributed by atoms with Gasteiger partial charge in [-0.15, -0.1) is 0 Å². The van der Waals surface area contributed by atoms with Gasteiger partial charge < -0.3 is 20.1 Å². The summed E-state index contributed by atoms with van der Waals surface area (Å²) in [6, 6.07) is 14.8. The first kappa shape index (κ1) is 27.3. The van der Waals surface area contributed by atoms with E-state index in [2.05, 4.69) is 38.2 Å². The van der Waals surface area contributed by atoms with Crippen LogP contribution < -0.4 is 31.2 Å².